The van der Waals surface area contributed by atoms with Crippen molar-refractivity contribution in [1.29, 1.82) is 0 Å². The quantitative estimate of drug-likeness (QED) is 0.587. The number of fused-ring (bicyclic) bond motifs is 1. The number of halogens is 1. The molecule has 5 rings (SSSR count). The lowest BCUT2D eigenvalue weighted by Crippen LogP contribution is -2.32. The van der Waals surface area contributed by atoms with Crippen molar-refractivity contribution in [1.82, 2.24) is 14.9 Å². The van der Waals surface area contributed by atoms with Gasteiger partial charge in [0.15, 0.2) is 0 Å². The third-order valence-corrected chi connectivity index (χ3v) is 6.14. The number of pyridine rings is 1. The average molecular weight is 385 g/mol. The van der Waals surface area contributed by atoms with E-state index < -0.39 is 0 Å². The molecular weight excluding hydrogens is 361 g/mol. The van der Waals surface area contributed by atoms with Gasteiger partial charge in [-0.15, -0.1) is 0 Å². The zero-order chi connectivity index (χ0) is 19.8. The molecule has 2 aromatic heterocycles. The molecule has 1 fully saturated rings. The molecule has 0 unspecified atom stereocenters. The van der Waals surface area contributed by atoms with E-state index in [1.54, 1.807) is 0 Å². The minimum atomic E-state index is -0.220. The van der Waals surface area contributed by atoms with E-state index >= 15 is 0 Å². The minimum absolute atomic E-state index is 0.220. The van der Waals surface area contributed by atoms with Crippen molar-refractivity contribution in [2.24, 2.45) is 0 Å². The topological polar surface area (TPSA) is 31.9 Å². The molecule has 1 saturated heterocycles. The number of H-pyrrole nitrogens is 1. The molecule has 0 aliphatic carbocycles. The fourth-order valence-electron chi connectivity index (χ4n) is 4.60. The van der Waals surface area contributed by atoms with Crippen LogP contribution in [-0.2, 0) is 0 Å². The van der Waals surface area contributed by atoms with Crippen LogP contribution < -0.4 is 0 Å². The van der Waals surface area contributed by atoms with E-state index in [9.17, 15) is 4.39 Å². The van der Waals surface area contributed by atoms with Gasteiger partial charge in [-0.1, -0.05) is 17.7 Å². The Morgan fingerprint density at radius 3 is 2.66 bits per heavy atom. The Hall–Kier alpha value is -2.98. The van der Waals surface area contributed by atoms with Crippen LogP contribution in [0, 0.1) is 5.82 Å². The Bertz CT molecular complexity index is 1080. The van der Waals surface area contributed by atoms with Gasteiger partial charge in [-0.3, -0.25) is 9.88 Å². The Balaban J connectivity index is 1.61. The van der Waals surface area contributed by atoms with Crippen LogP contribution in [-0.4, -0.2) is 34.0 Å². The van der Waals surface area contributed by atoms with Crippen LogP contribution in [0.5, 0.6) is 0 Å². The SMILES string of the molecule is CC=C1C[C@H]2C=C(c3c[nH]c(-c4ccc(F)cc4)c3-c3ccncc3)CCN2C1. The summed E-state index contributed by atoms with van der Waals surface area (Å²) in [4.78, 5) is 10.2. The van der Waals surface area contributed by atoms with Gasteiger partial charge in [-0.25, -0.2) is 4.39 Å². The Morgan fingerprint density at radius 1 is 1.10 bits per heavy atom. The first-order valence-corrected chi connectivity index (χ1v) is 10.2. The van der Waals surface area contributed by atoms with E-state index in [-0.39, 0.29) is 5.82 Å². The smallest absolute Gasteiger partial charge is 0.123 e. The molecular formula is C25H24FN3. The molecule has 0 spiro atoms. The first-order chi connectivity index (χ1) is 14.2. The van der Waals surface area contributed by atoms with Crippen molar-refractivity contribution in [3.63, 3.8) is 0 Å². The second kappa shape index (κ2) is 7.45. The summed E-state index contributed by atoms with van der Waals surface area (Å²) in [6.45, 7) is 4.32. The molecule has 1 N–H and O–H groups in total. The van der Waals surface area contributed by atoms with Gasteiger partial charge in [0, 0.05) is 48.8 Å². The molecule has 3 aromatic rings. The first-order valence-electron chi connectivity index (χ1n) is 10.2. The van der Waals surface area contributed by atoms with E-state index in [4.69, 9.17) is 0 Å². The maximum Gasteiger partial charge on any atom is 0.123 e. The highest BCUT2D eigenvalue weighted by molar-refractivity contribution is 5.91. The molecule has 0 bridgehead atoms. The Morgan fingerprint density at radius 2 is 1.90 bits per heavy atom. The van der Waals surface area contributed by atoms with Gasteiger partial charge < -0.3 is 4.98 Å². The summed E-state index contributed by atoms with van der Waals surface area (Å²) in [6, 6.07) is 11.3. The van der Waals surface area contributed by atoms with Crippen LogP contribution in [0.15, 0.2) is 72.7 Å². The molecule has 29 heavy (non-hydrogen) atoms. The molecule has 2 aliphatic rings. The summed E-state index contributed by atoms with van der Waals surface area (Å²) < 4.78 is 13.5. The summed E-state index contributed by atoms with van der Waals surface area (Å²) in [5, 5.41) is 0. The highest BCUT2D eigenvalue weighted by Crippen LogP contribution is 2.41. The zero-order valence-electron chi connectivity index (χ0n) is 16.5. The predicted octanol–water partition coefficient (Wildman–Crippen LogP) is 5.69. The standard InChI is InChI=1S/C25H24FN3/c1-2-17-13-22-14-20(9-12-29(22)16-17)23-15-28-25(19-3-5-21(26)6-4-19)24(23)18-7-10-27-11-8-18/h2-8,10-11,14-15,22,28H,9,12-13,16H2,1H3/t22-/m0/s1. The fourth-order valence-corrected chi connectivity index (χ4v) is 4.60. The number of aromatic nitrogens is 2. The van der Waals surface area contributed by atoms with E-state index in [0.29, 0.717) is 6.04 Å². The van der Waals surface area contributed by atoms with Crippen LogP contribution in [0.2, 0.25) is 0 Å². The molecule has 0 radical (unpaired) electrons. The van der Waals surface area contributed by atoms with Gasteiger partial charge in [0.25, 0.3) is 0 Å². The minimum Gasteiger partial charge on any atom is -0.360 e. The lowest BCUT2D eigenvalue weighted by molar-refractivity contribution is 0.290. The van der Waals surface area contributed by atoms with Crippen molar-refractivity contribution in [2.45, 2.75) is 25.8 Å². The normalized spacial score (nSPS) is 20.7. The predicted molar refractivity (Wildman–Crippen MR) is 116 cm³/mol. The van der Waals surface area contributed by atoms with Crippen molar-refractivity contribution in [2.75, 3.05) is 13.1 Å². The van der Waals surface area contributed by atoms with Crippen molar-refractivity contribution >= 4 is 5.57 Å². The molecule has 4 heterocycles. The highest BCUT2D eigenvalue weighted by atomic mass is 19.1. The largest absolute Gasteiger partial charge is 0.360 e. The second-order valence-corrected chi connectivity index (χ2v) is 7.83. The molecule has 4 heteroatoms. The fraction of sp³-hybridized carbons (Fsp3) is 0.240. The van der Waals surface area contributed by atoms with E-state index in [2.05, 4.69) is 40.1 Å². The molecule has 1 aromatic carbocycles. The van der Waals surface area contributed by atoms with E-state index in [0.717, 1.165) is 42.8 Å². The lowest BCUT2D eigenvalue weighted by atomic mass is 9.90. The monoisotopic (exact) mass is 385 g/mol. The summed E-state index contributed by atoms with van der Waals surface area (Å²) in [7, 11) is 0. The van der Waals surface area contributed by atoms with Gasteiger partial charge in [0.05, 0.1) is 5.69 Å². The molecule has 0 amide bonds. The third kappa shape index (κ3) is 3.34. The number of aromatic amines is 1. The maximum atomic E-state index is 13.5. The van der Waals surface area contributed by atoms with Crippen LogP contribution in [0.3, 0.4) is 0 Å². The molecule has 2 aliphatic heterocycles. The van der Waals surface area contributed by atoms with E-state index in [1.807, 2.05) is 36.7 Å². The van der Waals surface area contributed by atoms with Crippen molar-refractivity contribution in [3.05, 3.63) is 84.1 Å². The van der Waals surface area contributed by atoms with Gasteiger partial charge in [-0.05, 0) is 72.9 Å². The number of hydrogen-bond acceptors (Lipinski definition) is 2. The first kappa shape index (κ1) is 18.1. The lowest BCUT2D eigenvalue weighted by Gasteiger charge is -2.28. The van der Waals surface area contributed by atoms with Gasteiger partial charge in [0.1, 0.15) is 5.82 Å². The summed E-state index contributed by atoms with van der Waals surface area (Å²) >= 11 is 0. The third-order valence-electron chi connectivity index (χ3n) is 6.14. The average Bonchev–Trinajstić information content (AvgIpc) is 3.38. The summed E-state index contributed by atoms with van der Waals surface area (Å²) in [5.74, 6) is -0.220. The van der Waals surface area contributed by atoms with Crippen LogP contribution in [0.1, 0.15) is 25.3 Å². The van der Waals surface area contributed by atoms with Gasteiger partial charge in [-0.2, -0.15) is 0 Å². The van der Waals surface area contributed by atoms with Gasteiger partial charge >= 0.3 is 0 Å². The van der Waals surface area contributed by atoms with Crippen LogP contribution in [0.4, 0.5) is 4.39 Å². The number of benzene rings is 1. The maximum absolute atomic E-state index is 13.5. The summed E-state index contributed by atoms with van der Waals surface area (Å²) in [6.07, 6.45) is 12.6. The highest BCUT2D eigenvalue weighted by Gasteiger charge is 2.30. The number of nitrogens with one attached hydrogen (secondary N) is 1. The Labute approximate surface area is 170 Å². The van der Waals surface area contributed by atoms with Gasteiger partial charge in [0.2, 0.25) is 0 Å². The summed E-state index contributed by atoms with van der Waals surface area (Å²) in [5.41, 5.74) is 8.46. The number of allylic oxidation sites excluding steroid dienone is 1. The Kier molecular flexibility index (Phi) is 4.64. The van der Waals surface area contributed by atoms with Crippen molar-refractivity contribution < 1.29 is 4.39 Å². The number of rotatable bonds is 3. The second-order valence-electron chi connectivity index (χ2n) is 7.83. The number of hydrogen-bond donors (Lipinski definition) is 1. The molecule has 146 valence electrons. The molecule has 1 atom stereocenters. The van der Waals surface area contributed by atoms with Crippen LogP contribution >= 0.6 is 0 Å². The molecule has 0 saturated carbocycles. The van der Waals surface area contributed by atoms with Crippen LogP contribution in [0.25, 0.3) is 28.0 Å². The van der Waals surface area contributed by atoms with E-state index in [1.165, 1.54) is 34.4 Å². The number of nitrogens with zero attached hydrogens (tertiary/aromatic N) is 2. The molecule has 3 nitrogen and oxygen atoms in total. The van der Waals surface area contributed by atoms with Crippen molar-refractivity contribution in [3.8, 4) is 22.4 Å². The zero-order valence-corrected chi connectivity index (χ0v) is 16.5.